The Morgan fingerprint density at radius 1 is 1.26 bits per heavy atom. The monoisotopic (exact) mass is 367 g/mol. The molecule has 0 saturated carbocycles. The lowest BCUT2D eigenvalue weighted by Gasteiger charge is -2.31. The summed E-state index contributed by atoms with van der Waals surface area (Å²) < 4.78 is 2.25. The van der Waals surface area contributed by atoms with Crippen LogP contribution in [0.4, 0.5) is 0 Å². The van der Waals surface area contributed by atoms with Crippen LogP contribution >= 0.6 is 0 Å². The van der Waals surface area contributed by atoms with Crippen molar-refractivity contribution in [2.75, 3.05) is 6.61 Å². The molecule has 1 aliphatic rings. The summed E-state index contributed by atoms with van der Waals surface area (Å²) >= 11 is 0. The van der Waals surface area contributed by atoms with E-state index in [2.05, 4.69) is 50.4 Å². The third-order valence-corrected chi connectivity index (χ3v) is 4.88. The SMILES string of the molecule is Cc1cc2c(n1-c1ccc(C(N)=O)cc1)CC(C)(C)C/C2=N/OCC(C)C. The Morgan fingerprint density at radius 3 is 2.52 bits per heavy atom. The molecule has 0 aliphatic heterocycles. The number of nitrogens with zero attached hydrogens (tertiary/aromatic N) is 2. The van der Waals surface area contributed by atoms with Crippen LogP contribution in [-0.2, 0) is 11.3 Å². The van der Waals surface area contributed by atoms with E-state index >= 15 is 0 Å². The van der Waals surface area contributed by atoms with E-state index in [1.165, 1.54) is 5.69 Å². The Morgan fingerprint density at radius 2 is 1.93 bits per heavy atom. The number of carbonyl (C=O) groups excluding carboxylic acids is 1. The third kappa shape index (κ3) is 4.07. The first kappa shape index (κ1) is 19.2. The highest BCUT2D eigenvalue weighted by molar-refractivity contribution is 6.03. The molecule has 0 atom stereocenters. The van der Waals surface area contributed by atoms with Crippen LogP contribution in [0.3, 0.4) is 0 Å². The van der Waals surface area contributed by atoms with Gasteiger partial charge in [-0.25, -0.2) is 0 Å². The van der Waals surface area contributed by atoms with Gasteiger partial charge in [0, 0.05) is 28.2 Å². The fraction of sp³-hybridized carbons (Fsp3) is 0.455. The lowest BCUT2D eigenvalue weighted by Crippen LogP contribution is -2.28. The van der Waals surface area contributed by atoms with E-state index in [4.69, 9.17) is 10.6 Å². The zero-order chi connectivity index (χ0) is 19.8. The molecule has 1 aromatic carbocycles. The quantitative estimate of drug-likeness (QED) is 0.803. The molecular weight excluding hydrogens is 338 g/mol. The minimum absolute atomic E-state index is 0.0999. The van der Waals surface area contributed by atoms with Crippen molar-refractivity contribution < 1.29 is 9.63 Å². The van der Waals surface area contributed by atoms with Crippen LogP contribution in [0, 0.1) is 18.3 Å². The Labute approximate surface area is 161 Å². The first-order chi connectivity index (χ1) is 12.7. The van der Waals surface area contributed by atoms with Crippen LogP contribution in [-0.4, -0.2) is 22.8 Å². The van der Waals surface area contributed by atoms with Crippen molar-refractivity contribution in [2.24, 2.45) is 22.2 Å². The predicted octanol–water partition coefficient (Wildman–Crippen LogP) is 4.23. The number of nitrogens with two attached hydrogens (primary N) is 1. The zero-order valence-electron chi connectivity index (χ0n) is 16.9. The highest BCUT2D eigenvalue weighted by Gasteiger charge is 2.33. The van der Waals surface area contributed by atoms with Gasteiger partial charge in [0.15, 0.2) is 0 Å². The molecule has 0 spiro atoms. The minimum Gasteiger partial charge on any atom is -0.395 e. The van der Waals surface area contributed by atoms with Crippen molar-refractivity contribution in [1.29, 1.82) is 0 Å². The van der Waals surface area contributed by atoms with E-state index in [-0.39, 0.29) is 5.41 Å². The van der Waals surface area contributed by atoms with Crippen LogP contribution in [0.25, 0.3) is 5.69 Å². The van der Waals surface area contributed by atoms with E-state index in [0.717, 1.165) is 35.5 Å². The molecule has 5 heteroatoms. The van der Waals surface area contributed by atoms with Gasteiger partial charge < -0.3 is 15.1 Å². The topological polar surface area (TPSA) is 69.6 Å². The molecule has 0 saturated heterocycles. The number of primary amides is 1. The normalized spacial score (nSPS) is 17.2. The highest BCUT2D eigenvalue weighted by Crippen LogP contribution is 2.38. The van der Waals surface area contributed by atoms with Gasteiger partial charge in [0.05, 0.1) is 5.71 Å². The molecule has 5 nitrogen and oxygen atoms in total. The van der Waals surface area contributed by atoms with Gasteiger partial charge in [-0.2, -0.15) is 0 Å². The number of hydrogen-bond acceptors (Lipinski definition) is 3. The molecule has 3 rings (SSSR count). The molecule has 2 N–H and O–H groups in total. The molecule has 2 aromatic rings. The molecule has 1 heterocycles. The summed E-state index contributed by atoms with van der Waals surface area (Å²) in [5.74, 6) is 0.0335. The summed E-state index contributed by atoms with van der Waals surface area (Å²) in [7, 11) is 0. The maximum absolute atomic E-state index is 11.4. The van der Waals surface area contributed by atoms with E-state index in [1.54, 1.807) is 12.1 Å². The molecule has 144 valence electrons. The summed E-state index contributed by atoms with van der Waals surface area (Å²) in [6, 6.07) is 9.63. The largest absolute Gasteiger partial charge is 0.395 e. The number of fused-ring (bicyclic) bond motifs is 1. The van der Waals surface area contributed by atoms with Crippen LogP contribution in [0.5, 0.6) is 0 Å². The summed E-state index contributed by atoms with van der Waals surface area (Å²) in [4.78, 5) is 17.0. The van der Waals surface area contributed by atoms with Crippen LogP contribution in [0.2, 0.25) is 0 Å². The number of amides is 1. The van der Waals surface area contributed by atoms with E-state index < -0.39 is 5.91 Å². The van der Waals surface area contributed by atoms with Crippen molar-refractivity contribution in [3.8, 4) is 5.69 Å². The summed E-state index contributed by atoms with van der Waals surface area (Å²) in [5, 5.41) is 4.49. The second-order valence-electron chi connectivity index (χ2n) is 8.64. The average molecular weight is 367 g/mol. The van der Waals surface area contributed by atoms with Gasteiger partial charge in [0.25, 0.3) is 0 Å². The Hall–Kier alpha value is -2.56. The molecule has 1 aliphatic carbocycles. The van der Waals surface area contributed by atoms with Gasteiger partial charge in [-0.15, -0.1) is 0 Å². The number of benzene rings is 1. The molecule has 0 fully saturated rings. The lowest BCUT2D eigenvalue weighted by molar-refractivity contribution is 0.100. The summed E-state index contributed by atoms with van der Waals surface area (Å²) in [6.45, 7) is 11.5. The number of aryl methyl sites for hydroxylation is 1. The van der Waals surface area contributed by atoms with Crippen molar-refractivity contribution >= 4 is 11.6 Å². The second kappa shape index (κ2) is 7.22. The maximum atomic E-state index is 11.4. The van der Waals surface area contributed by atoms with Crippen molar-refractivity contribution in [3.63, 3.8) is 0 Å². The number of carbonyl (C=O) groups is 1. The van der Waals surface area contributed by atoms with Gasteiger partial charge in [0.1, 0.15) is 6.61 Å². The number of aromatic nitrogens is 1. The Kier molecular flexibility index (Phi) is 5.13. The molecule has 0 radical (unpaired) electrons. The number of oxime groups is 1. The third-order valence-electron chi connectivity index (χ3n) is 4.88. The van der Waals surface area contributed by atoms with Gasteiger partial charge in [-0.05, 0) is 61.4 Å². The highest BCUT2D eigenvalue weighted by atomic mass is 16.6. The summed E-state index contributed by atoms with van der Waals surface area (Å²) in [6.07, 6.45) is 1.85. The summed E-state index contributed by atoms with van der Waals surface area (Å²) in [5.41, 5.74) is 11.6. The van der Waals surface area contributed by atoms with Crippen molar-refractivity contribution in [3.05, 3.63) is 52.8 Å². The van der Waals surface area contributed by atoms with Gasteiger partial charge >= 0.3 is 0 Å². The molecule has 1 amide bonds. The smallest absolute Gasteiger partial charge is 0.248 e. The van der Waals surface area contributed by atoms with Crippen LogP contribution in [0.15, 0.2) is 35.5 Å². The fourth-order valence-corrected chi connectivity index (χ4v) is 3.66. The van der Waals surface area contributed by atoms with Gasteiger partial charge in [-0.1, -0.05) is 32.9 Å². The first-order valence-electron chi connectivity index (χ1n) is 9.48. The second-order valence-corrected chi connectivity index (χ2v) is 8.64. The average Bonchev–Trinajstić information content (AvgIpc) is 2.89. The molecule has 0 bridgehead atoms. The zero-order valence-corrected chi connectivity index (χ0v) is 16.9. The van der Waals surface area contributed by atoms with Crippen molar-refractivity contribution in [1.82, 2.24) is 4.57 Å². The van der Waals surface area contributed by atoms with E-state index in [9.17, 15) is 4.79 Å². The number of rotatable bonds is 5. The molecule has 1 aromatic heterocycles. The first-order valence-corrected chi connectivity index (χ1v) is 9.48. The minimum atomic E-state index is -0.411. The van der Waals surface area contributed by atoms with Gasteiger partial charge in [0.2, 0.25) is 5.91 Å². The van der Waals surface area contributed by atoms with Gasteiger partial charge in [-0.3, -0.25) is 4.79 Å². The Balaban J connectivity index is 2.04. The molecule has 0 unspecified atom stereocenters. The Bertz CT molecular complexity index is 874. The van der Waals surface area contributed by atoms with E-state index in [1.807, 2.05) is 12.1 Å². The maximum Gasteiger partial charge on any atom is 0.248 e. The van der Waals surface area contributed by atoms with Crippen LogP contribution in [0.1, 0.15) is 61.4 Å². The molecular formula is C22H29N3O2. The van der Waals surface area contributed by atoms with E-state index in [0.29, 0.717) is 18.1 Å². The van der Waals surface area contributed by atoms with Crippen molar-refractivity contribution in [2.45, 2.75) is 47.5 Å². The standard InChI is InChI=1S/C22H29N3O2/c1-14(2)13-27-24-19-11-22(4,5)12-20-18(19)10-15(3)25(20)17-8-6-16(7-9-17)21(23)26/h6-10,14H,11-13H2,1-5H3,(H2,23,26)/b24-19-. The van der Waals surface area contributed by atoms with Crippen LogP contribution < -0.4 is 5.73 Å². The number of hydrogen-bond donors (Lipinski definition) is 1. The molecule has 27 heavy (non-hydrogen) atoms. The fourth-order valence-electron chi connectivity index (χ4n) is 3.66. The lowest BCUT2D eigenvalue weighted by atomic mass is 9.76. The predicted molar refractivity (Wildman–Crippen MR) is 108 cm³/mol.